The average molecular weight is 342 g/mol. The molecule has 6 nitrogen and oxygen atoms in total. The van der Waals surface area contributed by atoms with Crippen LogP contribution in [0.4, 0.5) is 0 Å². The van der Waals surface area contributed by atoms with Crippen molar-refractivity contribution in [1.29, 1.82) is 0 Å². The standard InChI is InChI=1S/C16H23NO5S/c1-12(2)16(18)22-10-7-15-14(4)13(3)6-9-17(15)8-5-11-23(19,20)21/h6,9H,1,5,7-8,10-11H2,2-4H3/p+1. The van der Waals surface area contributed by atoms with Gasteiger partial charge in [-0.25, -0.2) is 9.36 Å². The van der Waals surface area contributed by atoms with E-state index in [1.54, 1.807) is 6.92 Å². The molecule has 0 saturated heterocycles. The second kappa shape index (κ2) is 8.21. The van der Waals surface area contributed by atoms with Gasteiger partial charge in [0.25, 0.3) is 10.1 Å². The molecule has 0 spiro atoms. The van der Waals surface area contributed by atoms with Gasteiger partial charge in [0, 0.05) is 23.6 Å². The third-order valence-electron chi connectivity index (χ3n) is 3.60. The van der Waals surface area contributed by atoms with Crippen LogP contribution in [0, 0.1) is 13.8 Å². The van der Waals surface area contributed by atoms with Crippen LogP contribution in [-0.2, 0) is 32.6 Å². The van der Waals surface area contributed by atoms with Crippen molar-refractivity contribution in [3.63, 3.8) is 0 Å². The molecule has 0 saturated carbocycles. The summed E-state index contributed by atoms with van der Waals surface area (Å²) < 4.78 is 37.5. The Morgan fingerprint density at radius 2 is 2.04 bits per heavy atom. The predicted octanol–water partition coefficient (Wildman–Crippen LogP) is 1.53. The van der Waals surface area contributed by atoms with Gasteiger partial charge in [0.2, 0.25) is 0 Å². The first-order chi connectivity index (χ1) is 10.6. The number of hydrogen-bond acceptors (Lipinski definition) is 4. The first-order valence-electron chi connectivity index (χ1n) is 7.38. The summed E-state index contributed by atoms with van der Waals surface area (Å²) in [5.74, 6) is -0.704. The highest BCUT2D eigenvalue weighted by Gasteiger charge is 2.17. The number of ether oxygens (including phenoxy) is 1. The Kier molecular flexibility index (Phi) is 6.90. The maximum atomic E-state index is 11.4. The maximum absolute atomic E-state index is 11.4. The highest BCUT2D eigenvalue weighted by atomic mass is 32.2. The van der Waals surface area contributed by atoms with E-state index in [4.69, 9.17) is 9.29 Å². The molecule has 0 aliphatic heterocycles. The molecule has 1 heterocycles. The lowest BCUT2D eigenvalue weighted by Crippen LogP contribution is -2.40. The molecule has 0 fully saturated rings. The molecular formula is C16H24NO5S+. The van der Waals surface area contributed by atoms with Crippen LogP contribution >= 0.6 is 0 Å². The first kappa shape index (κ1) is 19.3. The van der Waals surface area contributed by atoms with E-state index in [9.17, 15) is 13.2 Å². The van der Waals surface area contributed by atoms with Crippen LogP contribution in [0.15, 0.2) is 24.4 Å². The van der Waals surface area contributed by atoms with E-state index >= 15 is 0 Å². The molecule has 0 radical (unpaired) electrons. The maximum Gasteiger partial charge on any atom is 0.333 e. The smallest absolute Gasteiger partial charge is 0.333 e. The second-order valence-corrected chi connectivity index (χ2v) is 7.14. The van der Waals surface area contributed by atoms with Crippen molar-refractivity contribution in [3.8, 4) is 0 Å². The molecule has 1 aromatic heterocycles. The zero-order chi connectivity index (χ0) is 17.6. The molecule has 1 aromatic rings. The van der Waals surface area contributed by atoms with Crippen molar-refractivity contribution >= 4 is 16.1 Å². The van der Waals surface area contributed by atoms with E-state index in [0.29, 0.717) is 25.0 Å². The Bertz CT molecular complexity index is 695. The van der Waals surface area contributed by atoms with Crippen LogP contribution in [0.25, 0.3) is 0 Å². The number of carbonyl (C=O) groups is 1. The fraction of sp³-hybridized carbons (Fsp3) is 0.500. The summed E-state index contributed by atoms with van der Waals surface area (Å²) in [6, 6.07) is 1.95. The van der Waals surface area contributed by atoms with E-state index in [1.165, 1.54) is 0 Å². The quantitative estimate of drug-likeness (QED) is 0.335. The lowest BCUT2D eigenvalue weighted by Gasteiger charge is -2.10. The van der Waals surface area contributed by atoms with E-state index < -0.39 is 16.1 Å². The normalized spacial score (nSPS) is 11.3. The molecule has 0 amide bonds. The fourth-order valence-corrected chi connectivity index (χ4v) is 2.68. The van der Waals surface area contributed by atoms with Crippen molar-refractivity contribution in [3.05, 3.63) is 41.2 Å². The molecule has 0 unspecified atom stereocenters. The highest BCUT2D eigenvalue weighted by Crippen LogP contribution is 2.10. The highest BCUT2D eigenvalue weighted by molar-refractivity contribution is 7.85. The van der Waals surface area contributed by atoms with E-state index in [1.807, 2.05) is 30.7 Å². The van der Waals surface area contributed by atoms with Gasteiger partial charge >= 0.3 is 5.97 Å². The Hall–Kier alpha value is -1.73. The molecule has 0 atom stereocenters. The van der Waals surface area contributed by atoms with Crippen molar-refractivity contribution in [2.75, 3.05) is 12.4 Å². The summed E-state index contributed by atoms with van der Waals surface area (Å²) in [6.07, 6.45) is 2.71. The Morgan fingerprint density at radius 3 is 2.61 bits per heavy atom. The summed E-state index contributed by atoms with van der Waals surface area (Å²) in [4.78, 5) is 11.4. The van der Waals surface area contributed by atoms with Gasteiger partial charge in [-0.15, -0.1) is 0 Å². The van der Waals surface area contributed by atoms with Gasteiger partial charge in [-0.05, 0) is 26.3 Å². The third kappa shape index (κ3) is 6.50. The number of hydrogen-bond donors (Lipinski definition) is 1. The van der Waals surface area contributed by atoms with Gasteiger partial charge in [0.05, 0.1) is 12.2 Å². The number of rotatable bonds is 8. The van der Waals surface area contributed by atoms with Gasteiger partial charge in [-0.2, -0.15) is 8.42 Å². The predicted molar refractivity (Wildman–Crippen MR) is 86.6 cm³/mol. The molecule has 7 heteroatoms. The SMILES string of the molecule is C=C(C)C(=O)OCCc1c(C)c(C)cc[n+]1CCCS(=O)(=O)O. The van der Waals surface area contributed by atoms with E-state index in [-0.39, 0.29) is 12.4 Å². The summed E-state index contributed by atoms with van der Waals surface area (Å²) in [5.41, 5.74) is 3.52. The molecule has 1 rings (SSSR count). The van der Waals surface area contributed by atoms with Crippen LogP contribution in [0.3, 0.4) is 0 Å². The van der Waals surface area contributed by atoms with Gasteiger partial charge in [0.15, 0.2) is 11.9 Å². The number of nitrogens with zero attached hydrogens (tertiary/aromatic N) is 1. The first-order valence-corrected chi connectivity index (χ1v) is 8.99. The van der Waals surface area contributed by atoms with Crippen molar-refractivity contribution in [2.24, 2.45) is 0 Å². The van der Waals surface area contributed by atoms with Crippen LogP contribution in [-0.4, -0.2) is 31.3 Å². The van der Waals surface area contributed by atoms with Gasteiger partial charge in [0.1, 0.15) is 13.2 Å². The third-order valence-corrected chi connectivity index (χ3v) is 4.40. The lowest BCUT2D eigenvalue weighted by atomic mass is 10.1. The summed E-state index contributed by atoms with van der Waals surface area (Å²) in [6.45, 7) is 9.78. The summed E-state index contributed by atoms with van der Waals surface area (Å²) in [5, 5.41) is 0. The Balaban J connectivity index is 2.80. The van der Waals surface area contributed by atoms with Gasteiger partial charge in [-0.1, -0.05) is 6.58 Å². The summed E-state index contributed by atoms with van der Waals surface area (Å²) in [7, 11) is -3.96. The minimum absolute atomic E-state index is 0.230. The topological polar surface area (TPSA) is 84.5 Å². The average Bonchev–Trinajstić information content (AvgIpc) is 2.43. The van der Waals surface area contributed by atoms with Crippen LogP contribution in [0.1, 0.15) is 30.2 Å². The van der Waals surface area contributed by atoms with Crippen molar-refractivity contribution in [1.82, 2.24) is 0 Å². The largest absolute Gasteiger partial charge is 0.462 e. The molecule has 128 valence electrons. The number of pyridine rings is 1. The number of esters is 1. The lowest BCUT2D eigenvalue weighted by molar-refractivity contribution is -0.704. The molecule has 1 N–H and O–H groups in total. The molecule has 0 aliphatic carbocycles. The van der Waals surface area contributed by atoms with E-state index in [0.717, 1.165) is 16.8 Å². The zero-order valence-corrected chi connectivity index (χ0v) is 14.6. The van der Waals surface area contributed by atoms with Crippen molar-refractivity contribution in [2.45, 2.75) is 40.2 Å². The summed E-state index contributed by atoms with van der Waals surface area (Å²) >= 11 is 0. The van der Waals surface area contributed by atoms with Crippen molar-refractivity contribution < 1.29 is 27.1 Å². The monoisotopic (exact) mass is 342 g/mol. The molecule has 0 aliphatic rings. The number of carbonyl (C=O) groups excluding carboxylic acids is 1. The zero-order valence-electron chi connectivity index (χ0n) is 13.8. The molecule has 0 bridgehead atoms. The molecular weight excluding hydrogens is 318 g/mol. The Labute approximate surface area is 137 Å². The minimum Gasteiger partial charge on any atom is -0.462 e. The molecule has 23 heavy (non-hydrogen) atoms. The second-order valence-electron chi connectivity index (χ2n) is 5.57. The fourth-order valence-electron chi connectivity index (χ4n) is 2.18. The van der Waals surface area contributed by atoms with Gasteiger partial charge in [-0.3, -0.25) is 4.55 Å². The van der Waals surface area contributed by atoms with Crippen LogP contribution in [0.5, 0.6) is 0 Å². The van der Waals surface area contributed by atoms with Crippen LogP contribution in [0.2, 0.25) is 0 Å². The Morgan fingerprint density at radius 1 is 1.39 bits per heavy atom. The van der Waals surface area contributed by atoms with Crippen LogP contribution < -0.4 is 4.57 Å². The van der Waals surface area contributed by atoms with Gasteiger partial charge < -0.3 is 4.74 Å². The number of aryl methyl sites for hydroxylation is 2. The molecule has 0 aromatic carbocycles. The number of aromatic nitrogens is 1. The minimum atomic E-state index is -3.96. The van der Waals surface area contributed by atoms with E-state index in [2.05, 4.69) is 6.58 Å².